The van der Waals surface area contributed by atoms with Crippen molar-refractivity contribution in [3.8, 4) is 5.75 Å². The van der Waals surface area contributed by atoms with Crippen molar-refractivity contribution >= 4 is 22.7 Å². The third kappa shape index (κ3) is 2.81. The van der Waals surface area contributed by atoms with Gasteiger partial charge in [0.1, 0.15) is 11.3 Å². The number of rotatable bonds is 4. The lowest BCUT2D eigenvalue weighted by Crippen LogP contribution is -2.24. The Hall–Kier alpha value is -3.08. The molecule has 0 saturated carbocycles. The number of phenolic OH excluding ortho intramolecular Hbond substituents is 1. The molecule has 0 amide bonds. The standard InChI is InChI=1S/C18H15NO4/c1-11(23-18(22)13-7-3-5-9-16(13)20)17(21)14-10-19-15-8-4-2-6-12(14)15/h2-11,19-20H,1H3/t11-/m1/s1. The molecule has 3 rings (SSSR count). The molecule has 0 fully saturated rings. The van der Waals surface area contributed by atoms with Gasteiger partial charge in [-0.2, -0.15) is 0 Å². The highest BCUT2D eigenvalue weighted by molar-refractivity contribution is 6.10. The molecule has 0 saturated heterocycles. The first-order valence-corrected chi connectivity index (χ1v) is 7.17. The lowest BCUT2D eigenvalue weighted by atomic mass is 10.1. The van der Waals surface area contributed by atoms with E-state index in [4.69, 9.17) is 4.74 Å². The first-order chi connectivity index (χ1) is 11.1. The first-order valence-electron chi connectivity index (χ1n) is 7.17. The molecule has 0 unspecified atom stereocenters. The zero-order valence-electron chi connectivity index (χ0n) is 12.4. The quantitative estimate of drug-likeness (QED) is 0.572. The molecule has 0 aliphatic carbocycles. The normalized spacial score (nSPS) is 12.0. The summed E-state index contributed by atoms with van der Waals surface area (Å²) in [5.41, 5.74) is 1.35. The van der Waals surface area contributed by atoms with Gasteiger partial charge in [0.25, 0.3) is 0 Å². The summed E-state index contributed by atoms with van der Waals surface area (Å²) in [6, 6.07) is 13.5. The van der Waals surface area contributed by atoms with E-state index in [9.17, 15) is 14.7 Å². The van der Waals surface area contributed by atoms with Crippen molar-refractivity contribution in [2.45, 2.75) is 13.0 Å². The number of hydrogen-bond acceptors (Lipinski definition) is 4. The number of carbonyl (C=O) groups excluding carboxylic acids is 2. The van der Waals surface area contributed by atoms with Gasteiger partial charge < -0.3 is 14.8 Å². The van der Waals surface area contributed by atoms with Gasteiger partial charge in [0.15, 0.2) is 6.10 Å². The highest BCUT2D eigenvalue weighted by Gasteiger charge is 2.23. The SMILES string of the molecule is C[C@@H](OC(=O)c1ccccc1O)C(=O)c1c[nH]c2ccccc12. The van der Waals surface area contributed by atoms with Gasteiger partial charge >= 0.3 is 5.97 Å². The summed E-state index contributed by atoms with van der Waals surface area (Å²) < 4.78 is 5.19. The Balaban J connectivity index is 1.80. The summed E-state index contributed by atoms with van der Waals surface area (Å²) in [6.45, 7) is 1.52. The molecule has 116 valence electrons. The van der Waals surface area contributed by atoms with Gasteiger partial charge in [0.2, 0.25) is 5.78 Å². The Kier molecular flexibility index (Phi) is 3.85. The van der Waals surface area contributed by atoms with Crippen LogP contribution in [0.5, 0.6) is 5.75 Å². The molecule has 2 N–H and O–H groups in total. The van der Waals surface area contributed by atoms with Crippen LogP contribution in [0.15, 0.2) is 54.7 Å². The van der Waals surface area contributed by atoms with Crippen molar-refractivity contribution in [1.29, 1.82) is 0 Å². The molecule has 0 bridgehead atoms. The molecule has 23 heavy (non-hydrogen) atoms. The van der Waals surface area contributed by atoms with Gasteiger partial charge in [-0.1, -0.05) is 30.3 Å². The van der Waals surface area contributed by atoms with Crippen LogP contribution >= 0.6 is 0 Å². The Labute approximate surface area is 132 Å². The minimum Gasteiger partial charge on any atom is -0.507 e. The van der Waals surface area contributed by atoms with E-state index >= 15 is 0 Å². The number of carbonyl (C=O) groups is 2. The predicted molar refractivity (Wildman–Crippen MR) is 85.6 cm³/mol. The number of esters is 1. The van der Waals surface area contributed by atoms with Crippen molar-refractivity contribution in [3.63, 3.8) is 0 Å². The maximum atomic E-state index is 12.5. The Bertz CT molecular complexity index is 881. The highest BCUT2D eigenvalue weighted by atomic mass is 16.5. The van der Waals surface area contributed by atoms with E-state index in [-0.39, 0.29) is 17.1 Å². The highest BCUT2D eigenvalue weighted by Crippen LogP contribution is 2.21. The van der Waals surface area contributed by atoms with E-state index in [2.05, 4.69) is 4.98 Å². The third-order valence-corrected chi connectivity index (χ3v) is 3.63. The lowest BCUT2D eigenvalue weighted by molar-refractivity contribution is 0.0316. The van der Waals surface area contributed by atoms with Crippen LogP contribution in [0.25, 0.3) is 10.9 Å². The van der Waals surface area contributed by atoms with Gasteiger partial charge in [0.05, 0.1) is 0 Å². The number of ether oxygens (including phenoxy) is 1. The Morgan fingerprint density at radius 1 is 1.04 bits per heavy atom. The van der Waals surface area contributed by atoms with Crippen LogP contribution in [0.4, 0.5) is 0 Å². The van der Waals surface area contributed by atoms with Gasteiger partial charge in [-0.3, -0.25) is 4.79 Å². The fourth-order valence-corrected chi connectivity index (χ4v) is 2.42. The number of para-hydroxylation sites is 2. The van der Waals surface area contributed by atoms with Crippen LogP contribution < -0.4 is 0 Å². The Morgan fingerprint density at radius 2 is 1.74 bits per heavy atom. The van der Waals surface area contributed by atoms with E-state index in [1.807, 2.05) is 24.3 Å². The van der Waals surface area contributed by atoms with E-state index in [1.54, 1.807) is 18.3 Å². The number of benzene rings is 2. The average Bonchev–Trinajstić information content (AvgIpc) is 2.98. The summed E-state index contributed by atoms with van der Waals surface area (Å²) in [7, 11) is 0. The average molecular weight is 309 g/mol. The second-order valence-electron chi connectivity index (χ2n) is 5.18. The number of aromatic amines is 1. The molecule has 0 aliphatic rings. The van der Waals surface area contributed by atoms with Gasteiger partial charge in [-0.05, 0) is 25.1 Å². The lowest BCUT2D eigenvalue weighted by Gasteiger charge is -2.12. The molecule has 5 heteroatoms. The van der Waals surface area contributed by atoms with Crippen molar-refractivity contribution in [2.24, 2.45) is 0 Å². The zero-order chi connectivity index (χ0) is 16.4. The van der Waals surface area contributed by atoms with E-state index in [0.29, 0.717) is 5.56 Å². The fourth-order valence-electron chi connectivity index (χ4n) is 2.42. The molecule has 1 atom stereocenters. The summed E-state index contributed by atoms with van der Waals surface area (Å²) >= 11 is 0. The largest absolute Gasteiger partial charge is 0.507 e. The second-order valence-corrected chi connectivity index (χ2v) is 5.18. The number of Topliss-reactive ketones (excluding diaryl/α,β-unsaturated/α-hetero) is 1. The second kappa shape index (κ2) is 5.96. The number of hydrogen-bond donors (Lipinski definition) is 2. The summed E-state index contributed by atoms with van der Waals surface area (Å²) in [5, 5.41) is 10.4. The predicted octanol–water partition coefficient (Wildman–Crippen LogP) is 3.30. The number of aromatic nitrogens is 1. The third-order valence-electron chi connectivity index (χ3n) is 3.63. The van der Waals surface area contributed by atoms with Crippen molar-refractivity contribution in [3.05, 3.63) is 65.9 Å². The summed E-state index contributed by atoms with van der Waals surface area (Å²) in [4.78, 5) is 27.6. The van der Waals surface area contributed by atoms with Crippen molar-refractivity contribution in [1.82, 2.24) is 4.98 Å². The van der Waals surface area contributed by atoms with Crippen LogP contribution in [0.3, 0.4) is 0 Å². The number of phenols is 1. The maximum Gasteiger partial charge on any atom is 0.342 e. The zero-order valence-corrected chi connectivity index (χ0v) is 12.4. The Morgan fingerprint density at radius 3 is 2.52 bits per heavy atom. The topological polar surface area (TPSA) is 79.4 Å². The summed E-state index contributed by atoms with van der Waals surface area (Å²) in [5.74, 6) is -1.21. The first kappa shape index (κ1) is 14.8. The van der Waals surface area contributed by atoms with E-state index in [0.717, 1.165) is 10.9 Å². The number of aromatic hydroxyl groups is 1. The van der Waals surface area contributed by atoms with Crippen LogP contribution in [0.2, 0.25) is 0 Å². The molecule has 0 aliphatic heterocycles. The molecule has 0 radical (unpaired) electrons. The van der Waals surface area contributed by atoms with Crippen molar-refractivity contribution < 1.29 is 19.4 Å². The molecule has 0 spiro atoms. The monoisotopic (exact) mass is 309 g/mol. The number of H-pyrrole nitrogens is 1. The number of fused-ring (bicyclic) bond motifs is 1. The van der Waals surface area contributed by atoms with E-state index < -0.39 is 12.1 Å². The minimum absolute atomic E-state index is 0.0334. The molecular weight excluding hydrogens is 294 g/mol. The van der Waals surface area contributed by atoms with E-state index in [1.165, 1.54) is 19.1 Å². The van der Waals surface area contributed by atoms with Gasteiger partial charge in [-0.15, -0.1) is 0 Å². The van der Waals surface area contributed by atoms with Crippen LogP contribution in [-0.2, 0) is 4.74 Å². The fraction of sp³-hybridized carbons (Fsp3) is 0.111. The summed E-state index contributed by atoms with van der Waals surface area (Å²) in [6.07, 6.45) is 0.651. The van der Waals surface area contributed by atoms with Crippen LogP contribution in [0, 0.1) is 0 Å². The smallest absolute Gasteiger partial charge is 0.342 e. The molecular formula is C18H15NO4. The molecule has 2 aromatic carbocycles. The van der Waals surface area contributed by atoms with Crippen LogP contribution in [0.1, 0.15) is 27.6 Å². The molecule has 1 aromatic heterocycles. The van der Waals surface area contributed by atoms with Crippen molar-refractivity contribution in [2.75, 3.05) is 0 Å². The van der Waals surface area contributed by atoms with Gasteiger partial charge in [-0.25, -0.2) is 4.79 Å². The number of nitrogens with one attached hydrogen (secondary N) is 1. The molecule has 5 nitrogen and oxygen atoms in total. The molecule has 3 aromatic rings. The van der Waals surface area contributed by atoms with Crippen LogP contribution in [-0.4, -0.2) is 27.9 Å². The molecule has 1 heterocycles. The minimum atomic E-state index is -0.957. The van der Waals surface area contributed by atoms with Gasteiger partial charge in [0, 0.05) is 22.7 Å². The number of ketones is 1. The maximum absolute atomic E-state index is 12.5.